The Hall–Kier alpha value is -1.59. The van der Waals surface area contributed by atoms with E-state index in [1.807, 2.05) is 0 Å². The van der Waals surface area contributed by atoms with Gasteiger partial charge in [-0.25, -0.2) is 4.99 Å². The lowest BCUT2D eigenvalue weighted by Gasteiger charge is -2.34. The van der Waals surface area contributed by atoms with Crippen LogP contribution in [0.25, 0.3) is 0 Å². The predicted molar refractivity (Wildman–Crippen MR) is 109 cm³/mol. The summed E-state index contributed by atoms with van der Waals surface area (Å²) in [6, 6.07) is 9.37. The number of rotatable bonds is 7. The molecular formula is C21H35N5. The number of likely N-dealkylation sites (N-methyl/N-ethyl adjacent to an activating group) is 1. The summed E-state index contributed by atoms with van der Waals surface area (Å²) in [5.74, 6) is 1.72. The number of hydrogen-bond donors (Lipinski definition) is 2. The van der Waals surface area contributed by atoms with E-state index in [2.05, 4.69) is 65.5 Å². The first-order chi connectivity index (χ1) is 12.7. The summed E-state index contributed by atoms with van der Waals surface area (Å²) in [4.78, 5) is 9.95. The van der Waals surface area contributed by atoms with Gasteiger partial charge in [-0.3, -0.25) is 4.90 Å². The van der Waals surface area contributed by atoms with Gasteiger partial charge in [0.25, 0.3) is 0 Å². The van der Waals surface area contributed by atoms with Crippen LogP contribution >= 0.6 is 0 Å². The van der Waals surface area contributed by atoms with Crippen LogP contribution in [-0.4, -0.2) is 61.1 Å². The molecule has 1 heterocycles. The largest absolute Gasteiger partial charge is 0.357 e. The van der Waals surface area contributed by atoms with Crippen LogP contribution in [0.5, 0.6) is 0 Å². The van der Waals surface area contributed by atoms with E-state index >= 15 is 0 Å². The van der Waals surface area contributed by atoms with Crippen molar-refractivity contribution >= 4 is 5.96 Å². The second-order valence-corrected chi connectivity index (χ2v) is 7.64. The fourth-order valence-electron chi connectivity index (χ4n) is 3.55. The molecular weight excluding hydrogens is 322 g/mol. The fraction of sp³-hybridized carbons (Fsp3) is 0.667. The molecule has 5 nitrogen and oxygen atoms in total. The van der Waals surface area contributed by atoms with Crippen LogP contribution in [0.15, 0.2) is 29.3 Å². The molecule has 26 heavy (non-hydrogen) atoms. The van der Waals surface area contributed by atoms with Crippen molar-refractivity contribution in [3.05, 3.63) is 35.4 Å². The standard InChI is InChI=1S/C21H35N5/c1-4-22-21(24-20-14-17(20)3)23-15-18-8-6-7-9-19(18)16-26-12-10-25(5-2)11-13-26/h6-9,17,20H,4-5,10-16H2,1-3H3,(H2,22,23,24). The number of piperazine rings is 1. The van der Waals surface area contributed by atoms with Crippen molar-refractivity contribution in [1.29, 1.82) is 0 Å². The Kier molecular flexibility index (Phi) is 6.92. The van der Waals surface area contributed by atoms with Crippen LogP contribution in [0, 0.1) is 5.92 Å². The van der Waals surface area contributed by atoms with Crippen molar-refractivity contribution in [2.24, 2.45) is 10.9 Å². The van der Waals surface area contributed by atoms with Crippen LogP contribution in [0.2, 0.25) is 0 Å². The summed E-state index contributed by atoms with van der Waals surface area (Å²) in [6.45, 7) is 15.2. The highest BCUT2D eigenvalue weighted by atomic mass is 15.3. The Morgan fingerprint density at radius 3 is 2.35 bits per heavy atom. The van der Waals surface area contributed by atoms with E-state index in [1.165, 1.54) is 37.2 Å². The Morgan fingerprint density at radius 2 is 1.73 bits per heavy atom. The van der Waals surface area contributed by atoms with E-state index in [9.17, 15) is 0 Å². The van der Waals surface area contributed by atoms with Crippen LogP contribution in [0.3, 0.4) is 0 Å². The SMILES string of the molecule is CCNC(=NCc1ccccc1CN1CCN(CC)CC1)NC1CC1C. The highest BCUT2D eigenvalue weighted by Crippen LogP contribution is 2.28. The number of aliphatic imine (C=N–C) groups is 1. The molecule has 0 spiro atoms. The lowest BCUT2D eigenvalue weighted by molar-refractivity contribution is 0.131. The molecule has 2 atom stereocenters. The molecule has 2 unspecified atom stereocenters. The summed E-state index contributed by atoms with van der Waals surface area (Å²) in [5.41, 5.74) is 2.75. The number of benzene rings is 1. The third-order valence-electron chi connectivity index (χ3n) is 5.61. The maximum absolute atomic E-state index is 4.85. The van der Waals surface area contributed by atoms with Crippen molar-refractivity contribution in [3.63, 3.8) is 0 Å². The average molecular weight is 358 g/mol. The predicted octanol–water partition coefficient (Wildman–Crippen LogP) is 2.29. The molecule has 1 aliphatic carbocycles. The highest BCUT2D eigenvalue weighted by molar-refractivity contribution is 5.80. The number of hydrogen-bond acceptors (Lipinski definition) is 3. The first kappa shape index (κ1) is 19.2. The van der Waals surface area contributed by atoms with E-state index in [1.54, 1.807) is 0 Å². The average Bonchev–Trinajstić information content (AvgIpc) is 3.36. The van der Waals surface area contributed by atoms with E-state index < -0.39 is 0 Å². The molecule has 1 saturated carbocycles. The molecule has 1 aliphatic heterocycles. The maximum Gasteiger partial charge on any atom is 0.191 e. The molecule has 0 bridgehead atoms. The molecule has 5 heteroatoms. The second kappa shape index (κ2) is 9.38. The highest BCUT2D eigenvalue weighted by Gasteiger charge is 2.33. The van der Waals surface area contributed by atoms with Crippen LogP contribution in [-0.2, 0) is 13.1 Å². The van der Waals surface area contributed by atoms with Gasteiger partial charge in [-0.05, 0) is 36.9 Å². The second-order valence-electron chi connectivity index (χ2n) is 7.64. The van der Waals surface area contributed by atoms with E-state index in [4.69, 9.17) is 4.99 Å². The number of nitrogens with zero attached hydrogens (tertiary/aromatic N) is 3. The third-order valence-corrected chi connectivity index (χ3v) is 5.61. The monoisotopic (exact) mass is 357 g/mol. The van der Waals surface area contributed by atoms with Crippen molar-refractivity contribution in [3.8, 4) is 0 Å². The van der Waals surface area contributed by atoms with Gasteiger partial charge >= 0.3 is 0 Å². The van der Waals surface area contributed by atoms with E-state index in [-0.39, 0.29) is 0 Å². The number of guanidine groups is 1. The van der Waals surface area contributed by atoms with Gasteiger partial charge in [0.1, 0.15) is 0 Å². The zero-order chi connectivity index (χ0) is 18.4. The first-order valence-corrected chi connectivity index (χ1v) is 10.3. The van der Waals surface area contributed by atoms with Crippen molar-refractivity contribution < 1.29 is 0 Å². The van der Waals surface area contributed by atoms with Gasteiger partial charge in [0.15, 0.2) is 5.96 Å². The van der Waals surface area contributed by atoms with E-state index in [0.29, 0.717) is 6.04 Å². The van der Waals surface area contributed by atoms with Gasteiger partial charge < -0.3 is 15.5 Å². The third kappa shape index (κ3) is 5.45. The van der Waals surface area contributed by atoms with Gasteiger partial charge in [-0.2, -0.15) is 0 Å². The lowest BCUT2D eigenvalue weighted by Crippen LogP contribution is -2.45. The van der Waals surface area contributed by atoms with Gasteiger partial charge in [0, 0.05) is 45.3 Å². The number of nitrogens with one attached hydrogen (secondary N) is 2. The summed E-state index contributed by atoms with van der Waals surface area (Å²) < 4.78 is 0. The molecule has 1 saturated heterocycles. The minimum atomic E-state index is 0.595. The van der Waals surface area contributed by atoms with Crippen molar-refractivity contribution in [1.82, 2.24) is 20.4 Å². The van der Waals surface area contributed by atoms with E-state index in [0.717, 1.165) is 44.6 Å². The molecule has 2 fully saturated rings. The molecule has 2 N–H and O–H groups in total. The molecule has 144 valence electrons. The van der Waals surface area contributed by atoms with Crippen LogP contribution in [0.4, 0.5) is 0 Å². The van der Waals surface area contributed by atoms with Crippen LogP contribution in [0.1, 0.15) is 38.3 Å². The summed E-state index contributed by atoms with van der Waals surface area (Å²) in [7, 11) is 0. The van der Waals surface area contributed by atoms with Crippen molar-refractivity contribution in [2.75, 3.05) is 39.3 Å². The summed E-state index contributed by atoms with van der Waals surface area (Å²) >= 11 is 0. The minimum absolute atomic E-state index is 0.595. The Balaban J connectivity index is 1.60. The molecule has 1 aromatic rings. The smallest absolute Gasteiger partial charge is 0.191 e. The van der Waals surface area contributed by atoms with Gasteiger partial charge in [-0.15, -0.1) is 0 Å². The Bertz CT molecular complexity index is 592. The van der Waals surface area contributed by atoms with Gasteiger partial charge in [-0.1, -0.05) is 38.1 Å². The zero-order valence-electron chi connectivity index (χ0n) is 16.7. The topological polar surface area (TPSA) is 42.9 Å². The molecule has 2 aliphatic rings. The van der Waals surface area contributed by atoms with Gasteiger partial charge in [0.05, 0.1) is 6.54 Å². The molecule has 3 rings (SSSR count). The molecule has 0 aromatic heterocycles. The van der Waals surface area contributed by atoms with Crippen LogP contribution < -0.4 is 10.6 Å². The van der Waals surface area contributed by atoms with Gasteiger partial charge in [0.2, 0.25) is 0 Å². The molecule has 1 aromatic carbocycles. The summed E-state index contributed by atoms with van der Waals surface area (Å²) in [5, 5.41) is 6.93. The lowest BCUT2D eigenvalue weighted by atomic mass is 10.1. The zero-order valence-corrected chi connectivity index (χ0v) is 16.7. The summed E-state index contributed by atoms with van der Waals surface area (Å²) in [6.07, 6.45) is 1.25. The maximum atomic E-state index is 4.85. The fourth-order valence-corrected chi connectivity index (χ4v) is 3.55. The Labute approximate surface area is 158 Å². The Morgan fingerprint density at radius 1 is 1.08 bits per heavy atom. The quantitative estimate of drug-likeness (QED) is 0.580. The minimum Gasteiger partial charge on any atom is -0.357 e. The molecule has 0 radical (unpaired) electrons. The first-order valence-electron chi connectivity index (χ1n) is 10.3. The normalized spacial score (nSPS) is 24.5. The molecule has 0 amide bonds. The van der Waals surface area contributed by atoms with Crippen molar-refractivity contribution in [2.45, 2.75) is 46.3 Å².